The summed E-state index contributed by atoms with van der Waals surface area (Å²) < 4.78 is 25.9. The van der Waals surface area contributed by atoms with E-state index in [0.717, 1.165) is 16.1 Å². The van der Waals surface area contributed by atoms with Crippen LogP contribution in [0.25, 0.3) is 0 Å². The number of anilines is 1. The quantitative estimate of drug-likeness (QED) is 0.542. The van der Waals surface area contributed by atoms with Gasteiger partial charge in [0.1, 0.15) is 12.6 Å². The van der Waals surface area contributed by atoms with Gasteiger partial charge in [-0.1, -0.05) is 59.6 Å². The third-order valence-corrected chi connectivity index (χ3v) is 6.82. The summed E-state index contributed by atoms with van der Waals surface area (Å²) in [5, 5.41) is 2.90. The summed E-state index contributed by atoms with van der Waals surface area (Å²) in [6.07, 6.45) is 1.49. The van der Waals surface area contributed by atoms with Crippen molar-refractivity contribution < 1.29 is 18.0 Å². The zero-order valence-electron chi connectivity index (χ0n) is 18.2. The van der Waals surface area contributed by atoms with Crippen LogP contribution >= 0.6 is 23.2 Å². The molecule has 32 heavy (non-hydrogen) atoms. The van der Waals surface area contributed by atoms with Crippen molar-refractivity contribution in [3.8, 4) is 0 Å². The Morgan fingerprint density at radius 3 is 2.31 bits per heavy atom. The highest BCUT2D eigenvalue weighted by molar-refractivity contribution is 7.92. The van der Waals surface area contributed by atoms with Gasteiger partial charge in [-0.25, -0.2) is 8.42 Å². The Labute approximate surface area is 199 Å². The van der Waals surface area contributed by atoms with Crippen molar-refractivity contribution in [2.75, 3.05) is 30.2 Å². The van der Waals surface area contributed by atoms with Gasteiger partial charge in [-0.3, -0.25) is 13.9 Å². The smallest absolute Gasteiger partial charge is 0.244 e. The predicted molar refractivity (Wildman–Crippen MR) is 129 cm³/mol. The molecule has 1 N–H and O–H groups in total. The van der Waals surface area contributed by atoms with Crippen LogP contribution in [0.2, 0.25) is 10.0 Å². The average molecular weight is 500 g/mol. The number of likely N-dealkylation sites (N-methyl/N-ethyl adjacent to an activating group) is 1. The Morgan fingerprint density at radius 1 is 1.06 bits per heavy atom. The molecule has 7 nitrogen and oxygen atoms in total. The second-order valence-electron chi connectivity index (χ2n) is 7.24. The second kappa shape index (κ2) is 11.5. The number of hydrogen-bond acceptors (Lipinski definition) is 4. The van der Waals surface area contributed by atoms with Gasteiger partial charge in [0.25, 0.3) is 0 Å². The highest BCUT2D eigenvalue weighted by Crippen LogP contribution is 2.33. The fraction of sp³-hybridized carbons (Fsp3) is 0.364. The number of nitrogens with zero attached hydrogens (tertiary/aromatic N) is 2. The molecule has 174 valence electrons. The molecule has 2 aromatic rings. The number of rotatable bonds is 10. The number of benzene rings is 2. The zero-order chi connectivity index (χ0) is 23.9. The Bertz CT molecular complexity index is 1050. The van der Waals surface area contributed by atoms with Gasteiger partial charge in [-0.2, -0.15) is 0 Å². The van der Waals surface area contributed by atoms with E-state index in [1.165, 1.54) is 17.0 Å². The normalized spacial score (nSPS) is 12.2. The van der Waals surface area contributed by atoms with Crippen molar-refractivity contribution in [2.45, 2.75) is 26.3 Å². The van der Waals surface area contributed by atoms with Gasteiger partial charge in [0.05, 0.1) is 22.0 Å². The highest BCUT2D eigenvalue weighted by atomic mass is 35.5. The van der Waals surface area contributed by atoms with Crippen molar-refractivity contribution in [1.82, 2.24) is 10.2 Å². The maximum Gasteiger partial charge on any atom is 0.244 e. The first-order valence-corrected chi connectivity index (χ1v) is 12.7. The van der Waals surface area contributed by atoms with Crippen molar-refractivity contribution in [1.29, 1.82) is 0 Å². The van der Waals surface area contributed by atoms with Gasteiger partial charge < -0.3 is 10.2 Å². The summed E-state index contributed by atoms with van der Waals surface area (Å²) in [5.41, 5.74) is 1.09. The first-order chi connectivity index (χ1) is 15.1. The van der Waals surface area contributed by atoms with Crippen LogP contribution in [0.3, 0.4) is 0 Å². The number of hydrogen-bond donors (Lipinski definition) is 1. The van der Waals surface area contributed by atoms with Crippen LogP contribution in [0.1, 0.15) is 19.4 Å². The maximum atomic E-state index is 13.3. The van der Waals surface area contributed by atoms with Gasteiger partial charge in [0.15, 0.2) is 0 Å². The molecule has 1 atom stereocenters. The summed E-state index contributed by atoms with van der Waals surface area (Å²) in [4.78, 5) is 27.2. The summed E-state index contributed by atoms with van der Waals surface area (Å²) in [6.45, 7) is 3.54. The van der Waals surface area contributed by atoms with Crippen LogP contribution < -0.4 is 9.62 Å². The van der Waals surface area contributed by atoms with Crippen LogP contribution in [0.4, 0.5) is 5.69 Å². The summed E-state index contributed by atoms with van der Waals surface area (Å²) in [6, 6.07) is 13.3. The van der Waals surface area contributed by atoms with Crippen LogP contribution in [0, 0.1) is 0 Å². The Morgan fingerprint density at radius 2 is 1.72 bits per heavy atom. The highest BCUT2D eigenvalue weighted by Gasteiger charge is 2.30. The van der Waals surface area contributed by atoms with E-state index in [2.05, 4.69) is 5.32 Å². The lowest BCUT2D eigenvalue weighted by Crippen LogP contribution is -2.52. The Hall–Kier alpha value is -2.29. The maximum absolute atomic E-state index is 13.3. The molecule has 0 aromatic heterocycles. The van der Waals surface area contributed by atoms with E-state index in [9.17, 15) is 18.0 Å². The topological polar surface area (TPSA) is 86.8 Å². The Balaban J connectivity index is 2.34. The molecule has 0 saturated carbocycles. The monoisotopic (exact) mass is 499 g/mol. The fourth-order valence-corrected chi connectivity index (χ4v) is 4.47. The Kier molecular flexibility index (Phi) is 9.36. The third-order valence-electron chi connectivity index (χ3n) is 4.88. The molecule has 2 amide bonds. The second-order valence-corrected chi connectivity index (χ2v) is 9.93. The van der Waals surface area contributed by atoms with Crippen molar-refractivity contribution >= 4 is 50.7 Å². The van der Waals surface area contributed by atoms with Crippen molar-refractivity contribution in [3.63, 3.8) is 0 Å². The van der Waals surface area contributed by atoms with Gasteiger partial charge >= 0.3 is 0 Å². The number of carbonyl (C=O) groups is 2. The lowest BCUT2D eigenvalue weighted by atomic mass is 10.1. The number of halogens is 2. The van der Waals surface area contributed by atoms with Gasteiger partial charge in [-0.15, -0.1) is 0 Å². The summed E-state index contributed by atoms with van der Waals surface area (Å²) in [5.74, 6) is -0.846. The van der Waals surface area contributed by atoms with E-state index in [-0.39, 0.29) is 28.2 Å². The van der Waals surface area contributed by atoms with E-state index in [1.807, 2.05) is 30.3 Å². The molecule has 2 aromatic carbocycles. The molecule has 0 fully saturated rings. The molecular formula is C22H27Cl2N3O4S. The molecule has 0 bridgehead atoms. The van der Waals surface area contributed by atoms with Gasteiger partial charge in [0, 0.05) is 13.1 Å². The molecule has 0 aliphatic rings. The van der Waals surface area contributed by atoms with E-state index < -0.39 is 28.5 Å². The van der Waals surface area contributed by atoms with Crippen molar-refractivity contribution in [2.24, 2.45) is 0 Å². The minimum Gasteiger partial charge on any atom is -0.355 e. The lowest BCUT2D eigenvalue weighted by Gasteiger charge is -2.31. The molecule has 2 rings (SSSR count). The standard InChI is InChI=1S/C22H27Cl2N3O4S/c1-4-25-22(29)16(2)26(14-13-17-9-6-5-7-10-17)20(28)15-27(32(3,30)31)19-12-8-11-18(23)21(19)24/h5-12,16H,4,13-15H2,1-3H3,(H,25,29)/t16-/m0/s1. The fourth-order valence-electron chi connectivity index (χ4n) is 3.17. The predicted octanol–water partition coefficient (Wildman–Crippen LogP) is 3.36. The zero-order valence-corrected chi connectivity index (χ0v) is 20.5. The van der Waals surface area contributed by atoms with Crippen LogP contribution in [-0.4, -0.2) is 57.1 Å². The van der Waals surface area contributed by atoms with E-state index in [4.69, 9.17) is 23.2 Å². The summed E-state index contributed by atoms with van der Waals surface area (Å²) in [7, 11) is -3.87. The third kappa shape index (κ3) is 6.85. The van der Waals surface area contributed by atoms with Gasteiger partial charge in [0.2, 0.25) is 21.8 Å². The van der Waals surface area contributed by atoms with E-state index in [1.54, 1.807) is 19.9 Å². The molecule has 0 saturated heterocycles. The largest absolute Gasteiger partial charge is 0.355 e. The van der Waals surface area contributed by atoms with Crippen LogP contribution in [0.5, 0.6) is 0 Å². The first-order valence-electron chi connectivity index (χ1n) is 10.1. The average Bonchev–Trinajstić information content (AvgIpc) is 2.74. The van der Waals surface area contributed by atoms with Crippen LogP contribution in [-0.2, 0) is 26.0 Å². The molecule has 0 spiro atoms. The number of carbonyl (C=O) groups excluding carboxylic acids is 2. The van der Waals surface area contributed by atoms with Crippen LogP contribution in [0.15, 0.2) is 48.5 Å². The molecular weight excluding hydrogens is 473 g/mol. The summed E-state index contributed by atoms with van der Waals surface area (Å²) >= 11 is 12.3. The minimum atomic E-state index is -3.87. The number of amides is 2. The van der Waals surface area contributed by atoms with Crippen molar-refractivity contribution in [3.05, 3.63) is 64.1 Å². The molecule has 0 aliphatic heterocycles. The number of sulfonamides is 1. The van der Waals surface area contributed by atoms with E-state index in [0.29, 0.717) is 13.0 Å². The molecule has 0 heterocycles. The first kappa shape index (κ1) is 26.0. The number of nitrogens with one attached hydrogen (secondary N) is 1. The minimum absolute atomic E-state index is 0.0278. The molecule has 0 unspecified atom stereocenters. The molecule has 0 radical (unpaired) electrons. The SMILES string of the molecule is CCNC(=O)[C@H](C)N(CCc1ccccc1)C(=O)CN(c1cccc(Cl)c1Cl)S(C)(=O)=O. The lowest BCUT2D eigenvalue weighted by molar-refractivity contribution is -0.138. The van der Waals surface area contributed by atoms with Gasteiger partial charge in [-0.05, 0) is 38.0 Å². The van der Waals surface area contributed by atoms with E-state index >= 15 is 0 Å². The molecule has 0 aliphatic carbocycles. The molecule has 10 heteroatoms.